The molecule has 1 amide bonds. The molecule has 2 aliphatic rings. The van der Waals surface area contributed by atoms with Gasteiger partial charge in [0.25, 0.3) is 0 Å². The molecule has 25 heavy (non-hydrogen) atoms. The number of nitrogens with zero attached hydrogens (tertiary/aromatic N) is 1. The summed E-state index contributed by atoms with van der Waals surface area (Å²) in [6, 6.07) is 9.01. The second kappa shape index (κ2) is 9.23. The van der Waals surface area contributed by atoms with Gasteiger partial charge in [-0.2, -0.15) is 0 Å². The highest BCUT2D eigenvalue weighted by molar-refractivity contribution is 5.76. The first-order valence-corrected chi connectivity index (χ1v) is 10.0. The molecule has 138 valence electrons. The number of carbonyl (C=O) groups is 1. The summed E-state index contributed by atoms with van der Waals surface area (Å²) in [5.41, 5.74) is 1.18. The Morgan fingerprint density at radius 3 is 2.76 bits per heavy atom. The molecule has 2 saturated carbocycles. The van der Waals surface area contributed by atoms with E-state index in [2.05, 4.69) is 29.3 Å². The minimum absolute atomic E-state index is 0.147. The summed E-state index contributed by atoms with van der Waals surface area (Å²) < 4.78 is 6.05. The Bertz CT molecular complexity index is 551. The third kappa shape index (κ3) is 6.03. The Hall–Kier alpha value is -1.55. The van der Waals surface area contributed by atoms with Crippen LogP contribution in [0.1, 0.15) is 57.4 Å². The number of benzene rings is 1. The van der Waals surface area contributed by atoms with E-state index in [0.717, 1.165) is 37.8 Å². The third-order valence-corrected chi connectivity index (χ3v) is 5.33. The van der Waals surface area contributed by atoms with Crippen LogP contribution in [0.4, 0.5) is 0 Å². The second-order valence-corrected chi connectivity index (χ2v) is 7.38. The summed E-state index contributed by atoms with van der Waals surface area (Å²) >= 11 is 0. The standard InChI is InChI=1S/C21H32N2O2/c1-2-23(18-11-12-18)15-14-22-21(24)13-10-17-6-5-9-20(16-17)25-19-7-3-4-8-19/h5-6,9,16,18-19H,2-4,7-8,10-15H2,1H3,(H,22,24). The normalized spacial score (nSPS) is 17.8. The average Bonchev–Trinajstić information content (AvgIpc) is 3.34. The highest BCUT2D eigenvalue weighted by Crippen LogP contribution is 2.26. The van der Waals surface area contributed by atoms with Gasteiger partial charge in [0.1, 0.15) is 5.75 Å². The number of hydrogen-bond donors (Lipinski definition) is 1. The van der Waals surface area contributed by atoms with Gasteiger partial charge in [0.2, 0.25) is 5.91 Å². The summed E-state index contributed by atoms with van der Waals surface area (Å²) in [7, 11) is 0. The van der Waals surface area contributed by atoms with E-state index in [-0.39, 0.29) is 5.91 Å². The number of carbonyl (C=O) groups excluding carboxylic acids is 1. The molecule has 1 N–H and O–H groups in total. The predicted molar refractivity (Wildman–Crippen MR) is 101 cm³/mol. The van der Waals surface area contributed by atoms with Gasteiger partial charge >= 0.3 is 0 Å². The monoisotopic (exact) mass is 344 g/mol. The van der Waals surface area contributed by atoms with E-state index in [1.807, 2.05) is 12.1 Å². The van der Waals surface area contributed by atoms with Crippen molar-refractivity contribution >= 4 is 5.91 Å². The molecule has 0 aromatic heterocycles. The first kappa shape index (κ1) is 18.2. The quantitative estimate of drug-likeness (QED) is 0.706. The summed E-state index contributed by atoms with van der Waals surface area (Å²) in [6.07, 6.45) is 9.23. The van der Waals surface area contributed by atoms with Crippen molar-refractivity contribution in [2.45, 2.75) is 70.4 Å². The van der Waals surface area contributed by atoms with Gasteiger partial charge in [-0.25, -0.2) is 0 Å². The Labute approximate surface area is 151 Å². The lowest BCUT2D eigenvalue weighted by molar-refractivity contribution is -0.121. The zero-order valence-electron chi connectivity index (χ0n) is 15.5. The molecule has 1 aromatic rings. The molecule has 0 unspecified atom stereocenters. The third-order valence-electron chi connectivity index (χ3n) is 5.33. The number of nitrogens with one attached hydrogen (secondary N) is 1. The Balaban J connectivity index is 1.36. The second-order valence-electron chi connectivity index (χ2n) is 7.38. The van der Waals surface area contributed by atoms with E-state index in [0.29, 0.717) is 12.5 Å². The first-order valence-electron chi connectivity index (χ1n) is 10.0. The van der Waals surface area contributed by atoms with Crippen LogP contribution in [0, 0.1) is 0 Å². The van der Waals surface area contributed by atoms with E-state index in [4.69, 9.17) is 4.74 Å². The number of ether oxygens (including phenoxy) is 1. The van der Waals surface area contributed by atoms with Gasteiger partial charge in [0.15, 0.2) is 0 Å². The van der Waals surface area contributed by atoms with Crippen LogP contribution < -0.4 is 10.1 Å². The van der Waals surface area contributed by atoms with Crippen molar-refractivity contribution in [2.75, 3.05) is 19.6 Å². The maximum absolute atomic E-state index is 12.1. The van der Waals surface area contributed by atoms with Crippen molar-refractivity contribution in [3.05, 3.63) is 29.8 Å². The molecule has 0 heterocycles. The van der Waals surface area contributed by atoms with Crippen molar-refractivity contribution in [3.8, 4) is 5.75 Å². The predicted octanol–water partition coefficient (Wildman–Crippen LogP) is 3.54. The van der Waals surface area contributed by atoms with Crippen molar-refractivity contribution in [1.82, 2.24) is 10.2 Å². The smallest absolute Gasteiger partial charge is 0.220 e. The largest absolute Gasteiger partial charge is 0.490 e. The van der Waals surface area contributed by atoms with Crippen molar-refractivity contribution < 1.29 is 9.53 Å². The van der Waals surface area contributed by atoms with Crippen LogP contribution in [0.2, 0.25) is 0 Å². The van der Waals surface area contributed by atoms with Gasteiger partial charge in [0, 0.05) is 25.6 Å². The molecule has 2 aliphatic carbocycles. The van der Waals surface area contributed by atoms with Crippen molar-refractivity contribution in [2.24, 2.45) is 0 Å². The van der Waals surface area contributed by atoms with Crippen LogP contribution in [0.15, 0.2) is 24.3 Å². The SMILES string of the molecule is CCN(CCNC(=O)CCc1cccc(OC2CCCC2)c1)C1CC1. The molecule has 0 aliphatic heterocycles. The lowest BCUT2D eigenvalue weighted by atomic mass is 10.1. The molecule has 0 bridgehead atoms. The van der Waals surface area contributed by atoms with Gasteiger partial charge in [0.05, 0.1) is 6.10 Å². The number of hydrogen-bond acceptors (Lipinski definition) is 3. The van der Waals surface area contributed by atoms with E-state index in [1.54, 1.807) is 0 Å². The lowest BCUT2D eigenvalue weighted by Crippen LogP contribution is -2.36. The van der Waals surface area contributed by atoms with Gasteiger partial charge in [-0.1, -0.05) is 19.1 Å². The van der Waals surface area contributed by atoms with E-state index >= 15 is 0 Å². The molecular weight excluding hydrogens is 312 g/mol. The number of likely N-dealkylation sites (N-methyl/N-ethyl adjacent to an activating group) is 1. The van der Waals surface area contributed by atoms with Gasteiger partial charge in [-0.3, -0.25) is 9.69 Å². The highest BCUT2D eigenvalue weighted by Gasteiger charge is 2.27. The fraction of sp³-hybridized carbons (Fsp3) is 0.667. The van der Waals surface area contributed by atoms with E-state index in [9.17, 15) is 4.79 Å². The molecule has 3 rings (SSSR count). The number of amides is 1. The minimum Gasteiger partial charge on any atom is -0.490 e. The fourth-order valence-electron chi connectivity index (χ4n) is 3.70. The number of aryl methyl sites for hydroxylation is 1. The van der Waals surface area contributed by atoms with Gasteiger partial charge < -0.3 is 10.1 Å². The van der Waals surface area contributed by atoms with Crippen molar-refractivity contribution in [3.63, 3.8) is 0 Å². The van der Waals surface area contributed by atoms with Crippen LogP contribution in [-0.4, -0.2) is 42.6 Å². The molecule has 1 aromatic carbocycles. The minimum atomic E-state index is 0.147. The van der Waals surface area contributed by atoms with Gasteiger partial charge in [-0.15, -0.1) is 0 Å². The zero-order chi connectivity index (χ0) is 17.5. The van der Waals surface area contributed by atoms with Crippen molar-refractivity contribution in [1.29, 1.82) is 0 Å². The van der Waals surface area contributed by atoms with E-state index < -0.39 is 0 Å². The summed E-state index contributed by atoms with van der Waals surface area (Å²) in [4.78, 5) is 14.5. The van der Waals surface area contributed by atoms with Crippen LogP contribution >= 0.6 is 0 Å². The van der Waals surface area contributed by atoms with Crippen LogP contribution in [0.25, 0.3) is 0 Å². The molecule has 2 fully saturated rings. The Kier molecular flexibility index (Phi) is 6.74. The Morgan fingerprint density at radius 2 is 2.04 bits per heavy atom. The van der Waals surface area contributed by atoms with Crippen LogP contribution in [0.3, 0.4) is 0 Å². The van der Waals surface area contributed by atoms with Crippen LogP contribution in [-0.2, 0) is 11.2 Å². The molecule has 4 nitrogen and oxygen atoms in total. The zero-order valence-corrected chi connectivity index (χ0v) is 15.5. The fourth-order valence-corrected chi connectivity index (χ4v) is 3.70. The summed E-state index contributed by atoms with van der Waals surface area (Å²) in [5.74, 6) is 1.10. The first-order chi connectivity index (χ1) is 12.2. The maximum atomic E-state index is 12.1. The molecule has 0 radical (unpaired) electrons. The average molecular weight is 344 g/mol. The topological polar surface area (TPSA) is 41.6 Å². The summed E-state index contributed by atoms with van der Waals surface area (Å²) in [6.45, 7) is 5.00. The highest BCUT2D eigenvalue weighted by atomic mass is 16.5. The maximum Gasteiger partial charge on any atom is 0.220 e. The molecule has 4 heteroatoms. The number of rotatable bonds is 10. The summed E-state index contributed by atoms with van der Waals surface area (Å²) in [5, 5.41) is 3.06. The molecular formula is C21H32N2O2. The Morgan fingerprint density at radius 1 is 1.24 bits per heavy atom. The molecule has 0 spiro atoms. The molecule has 0 saturated heterocycles. The molecule has 0 atom stereocenters. The van der Waals surface area contributed by atoms with Gasteiger partial charge in [-0.05, 0) is 69.2 Å². The van der Waals surface area contributed by atoms with E-state index in [1.165, 1.54) is 44.1 Å². The lowest BCUT2D eigenvalue weighted by Gasteiger charge is -2.19. The van der Waals surface area contributed by atoms with Crippen LogP contribution in [0.5, 0.6) is 5.75 Å².